The molecule has 1 aromatic carbocycles. The van der Waals surface area contributed by atoms with Gasteiger partial charge in [0.1, 0.15) is 5.75 Å². The van der Waals surface area contributed by atoms with Crippen LogP contribution in [-0.2, 0) is 4.74 Å². The second kappa shape index (κ2) is 7.46. The van der Waals surface area contributed by atoms with Crippen molar-refractivity contribution in [3.05, 3.63) is 35.5 Å². The van der Waals surface area contributed by atoms with Gasteiger partial charge in [0.15, 0.2) is 10.8 Å². The number of nitrogens with one attached hydrogen (secondary N) is 1. The Hall–Kier alpha value is -2.55. The van der Waals surface area contributed by atoms with Gasteiger partial charge in [-0.05, 0) is 49.2 Å². The van der Waals surface area contributed by atoms with Crippen molar-refractivity contribution >= 4 is 23.5 Å². The zero-order valence-corrected chi connectivity index (χ0v) is 16.6. The zero-order valence-electron chi connectivity index (χ0n) is 15.8. The molecule has 4 rings (SSSR count). The van der Waals surface area contributed by atoms with Crippen LogP contribution >= 0.6 is 11.8 Å². The molecule has 1 aliphatic heterocycles. The van der Waals surface area contributed by atoms with Crippen LogP contribution in [-0.4, -0.2) is 51.4 Å². The number of hydrogen-bond donors (Lipinski definition) is 1. The van der Waals surface area contributed by atoms with E-state index < -0.39 is 11.5 Å². The van der Waals surface area contributed by atoms with Gasteiger partial charge in [0.05, 0.1) is 24.5 Å². The molecule has 8 nitrogen and oxygen atoms in total. The van der Waals surface area contributed by atoms with Crippen LogP contribution in [0.25, 0.3) is 0 Å². The van der Waals surface area contributed by atoms with Gasteiger partial charge in [-0.3, -0.25) is 10.2 Å². The van der Waals surface area contributed by atoms with Crippen LogP contribution in [0.4, 0.5) is 0 Å². The number of thioether (sulfide) groups is 1. The minimum absolute atomic E-state index is 0.0179. The number of esters is 1. The molecule has 0 unspecified atom stereocenters. The molecule has 1 aromatic heterocycles. The molecular weight excluding hydrogens is 380 g/mol. The number of Topliss-reactive ketones (excluding diaryl/α,β-unsaturated/α-hetero) is 1. The van der Waals surface area contributed by atoms with Gasteiger partial charge in [0, 0.05) is 5.56 Å². The Morgan fingerprint density at radius 1 is 1.29 bits per heavy atom. The first-order valence-corrected chi connectivity index (χ1v) is 10.2. The normalized spacial score (nSPS) is 19.7. The zero-order chi connectivity index (χ0) is 19.7. The van der Waals surface area contributed by atoms with Gasteiger partial charge in [-0.25, -0.2) is 4.79 Å². The Morgan fingerprint density at radius 2 is 2.00 bits per heavy atom. The number of carbonyl (C=O) groups is 2. The third-order valence-electron chi connectivity index (χ3n) is 5.27. The van der Waals surface area contributed by atoms with E-state index in [0.29, 0.717) is 16.3 Å². The lowest BCUT2D eigenvalue weighted by molar-refractivity contribution is 0.0514. The molecule has 2 heterocycles. The highest BCUT2D eigenvalue weighted by Gasteiger charge is 2.50. The predicted octanol–water partition coefficient (Wildman–Crippen LogP) is 2.68. The van der Waals surface area contributed by atoms with Crippen LogP contribution in [0.15, 0.2) is 29.3 Å². The Bertz CT molecular complexity index is 890. The van der Waals surface area contributed by atoms with E-state index in [0.717, 1.165) is 25.7 Å². The maximum absolute atomic E-state index is 13.4. The lowest BCUT2D eigenvalue weighted by Crippen LogP contribution is -2.55. The summed E-state index contributed by atoms with van der Waals surface area (Å²) in [6, 6.07) is 7.12. The highest BCUT2D eigenvalue weighted by atomic mass is 32.2. The van der Waals surface area contributed by atoms with Crippen molar-refractivity contribution in [3.8, 4) is 5.75 Å². The SMILES string of the molecule is CCOC(=O)c1nnn2c1S[C@H](C(=O)c1ccc(OC)cc1)C1(CCCC1)N2. The monoisotopic (exact) mass is 402 g/mol. The van der Waals surface area contributed by atoms with Gasteiger partial charge in [-0.15, -0.1) is 5.10 Å². The Labute approximate surface area is 166 Å². The number of rotatable bonds is 5. The molecule has 0 bridgehead atoms. The van der Waals surface area contributed by atoms with Crippen molar-refractivity contribution in [2.24, 2.45) is 0 Å². The van der Waals surface area contributed by atoms with Crippen LogP contribution < -0.4 is 10.2 Å². The highest BCUT2D eigenvalue weighted by Crippen LogP contribution is 2.46. The molecule has 2 aliphatic rings. The topological polar surface area (TPSA) is 95.3 Å². The first-order valence-electron chi connectivity index (χ1n) is 9.34. The summed E-state index contributed by atoms with van der Waals surface area (Å²) in [5.74, 6) is 0.189. The van der Waals surface area contributed by atoms with Crippen molar-refractivity contribution in [1.29, 1.82) is 0 Å². The minimum Gasteiger partial charge on any atom is -0.497 e. The molecule has 148 valence electrons. The van der Waals surface area contributed by atoms with Crippen LogP contribution in [0, 0.1) is 0 Å². The summed E-state index contributed by atoms with van der Waals surface area (Å²) in [5.41, 5.74) is 3.73. The van der Waals surface area contributed by atoms with E-state index in [1.165, 1.54) is 16.6 Å². The molecule has 2 aromatic rings. The van der Waals surface area contributed by atoms with Gasteiger partial charge >= 0.3 is 5.97 Å². The molecule has 0 amide bonds. The molecule has 1 atom stereocenters. The summed E-state index contributed by atoms with van der Waals surface area (Å²) in [4.78, 5) is 27.2. The molecule has 1 N–H and O–H groups in total. The number of ketones is 1. The third kappa shape index (κ3) is 3.13. The average Bonchev–Trinajstić information content (AvgIpc) is 3.34. The minimum atomic E-state index is -0.531. The average molecular weight is 402 g/mol. The molecule has 9 heteroatoms. The fourth-order valence-corrected chi connectivity index (χ4v) is 5.26. The van der Waals surface area contributed by atoms with Crippen LogP contribution in [0.3, 0.4) is 0 Å². The molecule has 1 fully saturated rings. The first kappa shape index (κ1) is 18.8. The standard InChI is InChI=1S/C19H22N4O4S/c1-3-27-18(25)14-17-23(22-20-14)21-19(10-4-5-11-19)16(28-17)15(24)12-6-8-13(26-2)9-7-12/h6-9,16,21H,3-5,10-11H2,1-2H3/t16-/m1/s1. The van der Waals surface area contributed by atoms with E-state index in [1.807, 2.05) is 0 Å². The molecule has 1 saturated carbocycles. The van der Waals surface area contributed by atoms with Gasteiger partial charge in [-0.2, -0.15) is 4.79 Å². The van der Waals surface area contributed by atoms with Crippen molar-refractivity contribution < 1.29 is 19.1 Å². The predicted molar refractivity (Wildman–Crippen MR) is 104 cm³/mol. The quantitative estimate of drug-likeness (QED) is 0.602. The molecule has 28 heavy (non-hydrogen) atoms. The van der Waals surface area contributed by atoms with Gasteiger partial charge in [0.25, 0.3) is 0 Å². The first-order chi connectivity index (χ1) is 13.6. The largest absolute Gasteiger partial charge is 0.497 e. The summed E-state index contributed by atoms with van der Waals surface area (Å²) >= 11 is 1.35. The molecule has 1 spiro atoms. The number of fused-ring (bicyclic) bond motifs is 1. The van der Waals surface area contributed by atoms with E-state index in [1.54, 1.807) is 38.3 Å². The van der Waals surface area contributed by atoms with Gasteiger partial charge < -0.3 is 9.47 Å². The van der Waals surface area contributed by atoms with E-state index >= 15 is 0 Å². The smallest absolute Gasteiger partial charge is 0.361 e. The summed E-state index contributed by atoms with van der Waals surface area (Å²) in [5, 5.41) is 8.19. The number of aromatic nitrogens is 3. The summed E-state index contributed by atoms with van der Waals surface area (Å²) < 4.78 is 10.3. The molecule has 0 radical (unpaired) electrons. The van der Waals surface area contributed by atoms with Crippen molar-refractivity contribution in [3.63, 3.8) is 0 Å². The summed E-state index contributed by atoms with van der Waals surface area (Å²) in [6.07, 6.45) is 3.80. The maximum atomic E-state index is 13.4. The van der Waals surface area contributed by atoms with E-state index in [9.17, 15) is 9.59 Å². The molecule has 1 aliphatic carbocycles. The molecular formula is C19H22N4O4S. The fraction of sp³-hybridized carbons (Fsp3) is 0.474. The van der Waals surface area contributed by atoms with Crippen LogP contribution in [0.5, 0.6) is 5.75 Å². The number of benzene rings is 1. The number of nitrogens with zero attached hydrogens (tertiary/aromatic N) is 3. The van der Waals surface area contributed by atoms with Crippen molar-refractivity contribution in [2.75, 3.05) is 19.1 Å². The number of methoxy groups -OCH3 is 1. The number of carbonyl (C=O) groups excluding carboxylic acids is 2. The Kier molecular flexibility index (Phi) is 5.01. The van der Waals surface area contributed by atoms with Crippen LogP contribution in [0.1, 0.15) is 53.5 Å². The number of ether oxygens (including phenoxy) is 2. The molecule has 0 saturated heterocycles. The Morgan fingerprint density at radius 3 is 2.64 bits per heavy atom. The maximum Gasteiger partial charge on any atom is 0.361 e. The Balaban J connectivity index is 1.69. The number of hydrogen-bond acceptors (Lipinski definition) is 8. The summed E-state index contributed by atoms with van der Waals surface area (Å²) in [6.45, 7) is 1.99. The summed E-state index contributed by atoms with van der Waals surface area (Å²) in [7, 11) is 1.59. The van der Waals surface area contributed by atoms with Crippen LogP contribution in [0.2, 0.25) is 0 Å². The third-order valence-corrected chi connectivity index (χ3v) is 6.76. The van der Waals surface area contributed by atoms with Crippen molar-refractivity contribution in [2.45, 2.75) is 48.4 Å². The highest BCUT2D eigenvalue weighted by molar-refractivity contribution is 8.00. The lowest BCUT2D eigenvalue weighted by Gasteiger charge is -2.41. The van der Waals surface area contributed by atoms with Gasteiger partial charge in [0.2, 0.25) is 5.69 Å². The van der Waals surface area contributed by atoms with Gasteiger partial charge in [-0.1, -0.05) is 24.6 Å². The van der Waals surface area contributed by atoms with E-state index in [4.69, 9.17) is 9.47 Å². The second-order valence-corrected chi connectivity index (χ2v) is 8.03. The second-order valence-electron chi connectivity index (χ2n) is 6.94. The van der Waals surface area contributed by atoms with E-state index in [2.05, 4.69) is 15.7 Å². The lowest BCUT2D eigenvalue weighted by atomic mass is 9.88. The van der Waals surface area contributed by atoms with Crippen molar-refractivity contribution in [1.82, 2.24) is 15.1 Å². The van der Waals surface area contributed by atoms with E-state index in [-0.39, 0.29) is 23.3 Å². The fourth-order valence-electron chi connectivity index (χ4n) is 3.86.